The van der Waals surface area contributed by atoms with Gasteiger partial charge in [0.15, 0.2) is 0 Å². The molecule has 16 rings (SSSR count). The van der Waals surface area contributed by atoms with Crippen LogP contribution in [0.15, 0.2) is 212 Å². The van der Waals surface area contributed by atoms with Crippen LogP contribution in [0.3, 0.4) is 0 Å². The van der Waals surface area contributed by atoms with Crippen LogP contribution in [0.5, 0.6) is 0 Å². The number of hydrogen-bond acceptors (Lipinski definition) is 1. The molecule has 4 saturated carbocycles. The summed E-state index contributed by atoms with van der Waals surface area (Å²) in [7, 11) is 0. The van der Waals surface area contributed by atoms with Crippen LogP contribution in [0.25, 0.3) is 55.6 Å². The van der Waals surface area contributed by atoms with Gasteiger partial charge >= 0.3 is 0 Å². The van der Waals surface area contributed by atoms with Crippen molar-refractivity contribution in [2.75, 3.05) is 4.90 Å². The number of rotatable bonds is 5. The highest BCUT2D eigenvalue weighted by atomic mass is 15.2. The fourth-order valence-electron chi connectivity index (χ4n) is 15.5. The number of fused-ring (bicyclic) bond motifs is 13. The van der Waals surface area contributed by atoms with Crippen molar-refractivity contribution in [3.05, 3.63) is 246 Å². The molecule has 0 aliphatic heterocycles. The van der Waals surface area contributed by atoms with Crippen molar-refractivity contribution < 1.29 is 0 Å². The zero-order valence-corrected chi connectivity index (χ0v) is 37.0. The molecule has 7 aliphatic carbocycles. The van der Waals surface area contributed by atoms with Crippen molar-refractivity contribution in [2.45, 2.75) is 42.9 Å². The first-order valence-corrected chi connectivity index (χ1v) is 24.4. The number of benzene rings is 9. The van der Waals surface area contributed by atoms with Crippen LogP contribution >= 0.6 is 0 Å². The van der Waals surface area contributed by atoms with Gasteiger partial charge in [0.1, 0.15) is 0 Å². The molecule has 0 N–H and O–H groups in total. The predicted octanol–water partition coefficient (Wildman–Crippen LogP) is 16.6. The van der Waals surface area contributed by atoms with Crippen LogP contribution in [-0.4, -0.2) is 0 Å². The molecule has 4 fully saturated rings. The molecule has 1 nitrogen and oxygen atoms in total. The van der Waals surface area contributed by atoms with Crippen molar-refractivity contribution in [1.29, 1.82) is 0 Å². The number of hydrogen-bond donors (Lipinski definition) is 0. The third-order valence-corrected chi connectivity index (χ3v) is 17.5. The molecule has 7 aliphatic rings. The van der Waals surface area contributed by atoms with Crippen molar-refractivity contribution >= 4 is 17.1 Å². The topological polar surface area (TPSA) is 3.24 Å². The predicted molar refractivity (Wildman–Crippen MR) is 272 cm³/mol. The van der Waals surface area contributed by atoms with Crippen LogP contribution in [-0.2, 0) is 10.8 Å². The summed E-state index contributed by atoms with van der Waals surface area (Å²) in [6.45, 7) is 0. The Labute approximate surface area is 388 Å². The SMILES string of the molecule is c1ccc(-c2cccc(N(c3ccc4c(c3)C3(c5ccccc5-c5ccccc53)c3ccccc3-4)c3cccc4c3C3(c5ccccc5-4)C4CC5CC(C4)CC3C5)c2-c2ccccc2)cc1. The van der Waals surface area contributed by atoms with E-state index in [1.165, 1.54) is 127 Å². The fraction of sp³-hybridized carbons (Fsp3) is 0.169. The van der Waals surface area contributed by atoms with E-state index in [0.717, 1.165) is 11.8 Å². The van der Waals surface area contributed by atoms with Gasteiger partial charge < -0.3 is 4.90 Å². The summed E-state index contributed by atoms with van der Waals surface area (Å²) in [5.41, 5.74) is 25.1. The molecule has 0 unspecified atom stereocenters. The van der Waals surface area contributed by atoms with Crippen molar-refractivity contribution in [1.82, 2.24) is 0 Å². The average Bonchev–Trinajstić information content (AvgIpc) is 3.96. The maximum atomic E-state index is 2.73. The minimum absolute atomic E-state index is 0.0321. The van der Waals surface area contributed by atoms with Gasteiger partial charge in [-0.1, -0.05) is 188 Å². The Kier molecular flexibility index (Phi) is 7.67. The van der Waals surface area contributed by atoms with Crippen LogP contribution in [0.4, 0.5) is 17.1 Å². The van der Waals surface area contributed by atoms with Gasteiger partial charge in [-0.15, -0.1) is 0 Å². The Balaban J connectivity index is 1.06. The maximum Gasteiger partial charge on any atom is 0.0726 e. The van der Waals surface area contributed by atoms with E-state index in [2.05, 4.69) is 217 Å². The quantitative estimate of drug-likeness (QED) is 0.167. The number of anilines is 3. The summed E-state index contributed by atoms with van der Waals surface area (Å²) in [6, 6.07) is 81.4. The first-order valence-electron chi connectivity index (χ1n) is 24.4. The van der Waals surface area contributed by atoms with Gasteiger partial charge in [0.05, 0.1) is 16.8 Å². The highest BCUT2D eigenvalue weighted by Gasteiger charge is 2.62. The smallest absolute Gasteiger partial charge is 0.0726 e. The Morgan fingerprint density at radius 3 is 1.38 bits per heavy atom. The van der Waals surface area contributed by atoms with E-state index in [-0.39, 0.29) is 5.41 Å². The van der Waals surface area contributed by atoms with Gasteiger partial charge in [0, 0.05) is 16.7 Å². The highest BCUT2D eigenvalue weighted by molar-refractivity contribution is 6.01. The Morgan fingerprint density at radius 1 is 0.333 bits per heavy atom. The van der Waals surface area contributed by atoms with Crippen molar-refractivity contribution in [3.63, 3.8) is 0 Å². The van der Waals surface area contributed by atoms with Crippen LogP contribution in [0, 0.1) is 23.7 Å². The number of nitrogens with zero attached hydrogens (tertiary/aromatic N) is 1. The first kappa shape index (κ1) is 37.0. The van der Waals surface area contributed by atoms with Gasteiger partial charge in [-0.3, -0.25) is 0 Å². The lowest BCUT2D eigenvalue weighted by atomic mass is 9.43. The Bertz CT molecular complexity index is 3360. The van der Waals surface area contributed by atoms with Gasteiger partial charge in [0.2, 0.25) is 0 Å². The second-order valence-electron chi connectivity index (χ2n) is 20.3. The van der Waals surface area contributed by atoms with Crippen molar-refractivity contribution in [3.8, 4) is 55.6 Å². The molecule has 0 saturated heterocycles. The molecule has 0 amide bonds. The lowest BCUT2D eigenvalue weighted by molar-refractivity contribution is -0.0397. The summed E-state index contributed by atoms with van der Waals surface area (Å²) in [4.78, 5) is 2.73. The fourth-order valence-corrected chi connectivity index (χ4v) is 15.5. The van der Waals surface area contributed by atoms with E-state index in [0.29, 0.717) is 11.8 Å². The van der Waals surface area contributed by atoms with E-state index in [9.17, 15) is 0 Å². The van der Waals surface area contributed by atoms with Crippen LogP contribution in [0.1, 0.15) is 65.5 Å². The first-order chi connectivity index (χ1) is 32.7. The lowest BCUT2D eigenvalue weighted by Gasteiger charge is -2.61. The van der Waals surface area contributed by atoms with Crippen LogP contribution < -0.4 is 4.90 Å². The van der Waals surface area contributed by atoms with Gasteiger partial charge in [-0.2, -0.15) is 0 Å². The molecular weight excluding hydrogens is 795 g/mol. The summed E-state index contributed by atoms with van der Waals surface area (Å²) in [5, 5.41) is 0. The summed E-state index contributed by atoms with van der Waals surface area (Å²) in [6.07, 6.45) is 6.79. The van der Waals surface area contributed by atoms with Gasteiger partial charge in [-0.25, -0.2) is 0 Å². The third-order valence-electron chi connectivity index (χ3n) is 17.5. The van der Waals surface area contributed by atoms with E-state index in [1.54, 1.807) is 11.1 Å². The molecule has 0 atom stereocenters. The molecule has 9 aromatic rings. The van der Waals surface area contributed by atoms with E-state index in [1.807, 2.05) is 0 Å². The summed E-state index contributed by atoms with van der Waals surface area (Å²) >= 11 is 0. The standard InChI is InChI=1S/C65H49N/c1-3-17-43(18-4-1)48-25-15-31-60(62(48)44-19-5-2-6-20-44)66(61-32-16-26-54-52-24-10-11-27-55(52)64(63(54)61)45-36-41-35-42(38-45)39-46(64)37-41)47-33-34-53-51-23-9-14-30-58(51)65(59(53)40-47)56-28-12-7-21-49(56)50-22-8-13-29-57(50)65/h1-34,40-42,45-46H,35-39H2. The average molecular weight is 844 g/mol. The Morgan fingerprint density at radius 2 is 0.788 bits per heavy atom. The van der Waals surface area contributed by atoms with Gasteiger partial charge in [0.25, 0.3) is 0 Å². The minimum atomic E-state index is -0.452. The molecule has 314 valence electrons. The minimum Gasteiger partial charge on any atom is -0.310 e. The zero-order chi connectivity index (χ0) is 43.1. The third kappa shape index (κ3) is 4.70. The van der Waals surface area contributed by atoms with E-state index in [4.69, 9.17) is 0 Å². The summed E-state index contributed by atoms with van der Waals surface area (Å²) in [5.74, 6) is 2.98. The molecule has 1 heteroatoms. The molecule has 2 spiro atoms. The lowest BCUT2D eigenvalue weighted by Crippen LogP contribution is -2.55. The second-order valence-corrected chi connectivity index (χ2v) is 20.3. The molecule has 0 aromatic heterocycles. The summed E-state index contributed by atoms with van der Waals surface area (Å²) < 4.78 is 0. The molecule has 9 aromatic carbocycles. The normalized spacial score (nSPS) is 22.4. The Hall–Kier alpha value is -7.22. The molecule has 0 heterocycles. The molecule has 66 heavy (non-hydrogen) atoms. The van der Waals surface area contributed by atoms with Crippen molar-refractivity contribution in [2.24, 2.45) is 23.7 Å². The largest absolute Gasteiger partial charge is 0.310 e. The molecule has 4 bridgehead atoms. The second kappa shape index (κ2) is 13.7. The molecule has 0 radical (unpaired) electrons. The zero-order valence-electron chi connectivity index (χ0n) is 37.0. The van der Waals surface area contributed by atoms with Gasteiger partial charge in [-0.05, 0) is 163 Å². The maximum absolute atomic E-state index is 2.73. The molecular formula is C65H49N. The highest BCUT2D eigenvalue weighted by Crippen LogP contribution is 2.71. The van der Waals surface area contributed by atoms with E-state index < -0.39 is 5.41 Å². The monoisotopic (exact) mass is 843 g/mol. The van der Waals surface area contributed by atoms with Crippen LogP contribution in [0.2, 0.25) is 0 Å². The van der Waals surface area contributed by atoms with E-state index >= 15 is 0 Å².